The molecule has 0 spiro atoms. The largest absolute Gasteiger partial charge is 0.481 e. The number of rotatable bonds is 8. The average molecular weight is 281 g/mol. The molecule has 0 radical (unpaired) electrons. The van der Waals surface area contributed by atoms with Crippen molar-refractivity contribution in [2.24, 2.45) is 5.73 Å². The van der Waals surface area contributed by atoms with E-state index in [2.05, 4.69) is 9.72 Å². The van der Waals surface area contributed by atoms with Gasteiger partial charge in [-0.05, 0) is 12.0 Å². The van der Waals surface area contributed by atoms with E-state index in [4.69, 9.17) is 10.5 Å². The Balaban J connectivity index is 2.49. The van der Waals surface area contributed by atoms with Crippen molar-refractivity contribution in [3.8, 4) is 5.88 Å². The maximum Gasteiger partial charge on any atom is 0.293 e. The van der Waals surface area contributed by atoms with E-state index in [1.165, 1.54) is 12.0 Å². The van der Waals surface area contributed by atoms with Crippen LogP contribution >= 0.6 is 0 Å². The zero-order valence-electron chi connectivity index (χ0n) is 11.6. The van der Waals surface area contributed by atoms with Crippen LogP contribution in [-0.4, -0.2) is 55.6 Å². The minimum atomic E-state index is -0.661. The number of hydrogen-bond donors (Lipinski definition) is 1. The first-order valence-electron chi connectivity index (χ1n) is 6.13. The highest BCUT2D eigenvalue weighted by molar-refractivity contribution is 5.81. The topological polar surface area (TPSA) is 94.8 Å². The summed E-state index contributed by atoms with van der Waals surface area (Å²) in [6, 6.07) is 2.87. The van der Waals surface area contributed by atoms with E-state index in [9.17, 15) is 9.59 Å². The molecule has 0 aliphatic heterocycles. The summed E-state index contributed by atoms with van der Waals surface area (Å²) in [6.45, 7) is 0.815. The number of carbonyl (C=O) groups excluding carboxylic acids is 2. The fraction of sp³-hybridized carbons (Fsp3) is 0.462. The molecule has 0 aromatic carbocycles. The van der Waals surface area contributed by atoms with Gasteiger partial charge in [0.15, 0.2) is 0 Å². The maximum atomic E-state index is 12.0. The molecule has 1 aromatic rings. The van der Waals surface area contributed by atoms with Gasteiger partial charge in [-0.1, -0.05) is 6.07 Å². The van der Waals surface area contributed by atoms with Crippen LogP contribution in [0.4, 0.5) is 0 Å². The van der Waals surface area contributed by atoms with E-state index in [1.54, 1.807) is 19.3 Å². The first kappa shape index (κ1) is 15.9. The summed E-state index contributed by atoms with van der Waals surface area (Å²) in [5, 5.41) is 0. The highest BCUT2D eigenvalue weighted by atomic mass is 16.5. The van der Waals surface area contributed by atoms with E-state index >= 15 is 0 Å². The van der Waals surface area contributed by atoms with Crippen LogP contribution < -0.4 is 10.5 Å². The van der Waals surface area contributed by atoms with Crippen molar-refractivity contribution in [1.82, 2.24) is 9.88 Å². The van der Waals surface area contributed by atoms with Crippen molar-refractivity contribution in [2.75, 3.05) is 27.3 Å². The number of amides is 1. The summed E-state index contributed by atoms with van der Waals surface area (Å²) in [6.07, 6.45) is 2.01. The summed E-state index contributed by atoms with van der Waals surface area (Å²) in [5.41, 5.74) is 6.72. The van der Waals surface area contributed by atoms with Gasteiger partial charge < -0.3 is 20.1 Å². The number of nitrogens with two attached hydrogens (primary N) is 1. The van der Waals surface area contributed by atoms with Crippen molar-refractivity contribution < 1.29 is 19.1 Å². The second kappa shape index (κ2) is 8.11. The van der Waals surface area contributed by atoms with E-state index < -0.39 is 6.04 Å². The number of likely N-dealkylation sites (N-methyl/N-ethyl adjacent to an activating group) is 1. The molecule has 2 N–H and O–H groups in total. The van der Waals surface area contributed by atoms with E-state index in [0.717, 1.165) is 5.56 Å². The van der Waals surface area contributed by atoms with Crippen LogP contribution in [0.15, 0.2) is 18.3 Å². The Labute approximate surface area is 117 Å². The van der Waals surface area contributed by atoms with Gasteiger partial charge in [-0.25, -0.2) is 4.98 Å². The number of carbonyl (C=O) groups is 2. The third-order valence-electron chi connectivity index (χ3n) is 2.77. The molecule has 0 saturated heterocycles. The summed E-state index contributed by atoms with van der Waals surface area (Å²) in [7, 11) is 3.15. The van der Waals surface area contributed by atoms with Crippen molar-refractivity contribution >= 4 is 12.4 Å². The van der Waals surface area contributed by atoms with Crippen molar-refractivity contribution in [2.45, 2.75) is 12.5 Å². The van der Waals surface area contributed by atoms with E-state index in [-0.39, 0.29) is 12.5 Å². The van der Waals surface area contributed by atoms with Gasteiger partial charge in [-0.3, -0.25) is 9.59 Å². The monoisotopic (exact) mass is 281 g/mol. The van der Waals surface area contributed by atoms with Gasteiger partial charge in [-0.2, -0.15) is 0 Å². The standard InChI is InChI=1S/C13H19N3O4/c1-16(5-6-20-9-17)13(18)11(14)7-10-3-4-12(19-2)15-8-10/h3-4,8-9,11H,5-7,14H2,1-2H3. The van der Waals surface area contributed by atoms with Gasteiger partial charge in [-0.15, -0.1) is 0 Å². The predicted octanol–water partition coefficient (Wildman–Crippen LogP) is -0.409. The number of aromatic nitrogens is 1. The van der Waals surface area contributed by atoms with Gasteiger partial charge in [0, 0.05) is 19.3 Å². The molecule has 0 aliphatic carbocycles. The highest BCUT2D eigenvalue weighted by Crippen LogP contribution is 2.08. The van der Waals surface area contributed by atoms with E-state index in [1.807, 2.05) is 6.07 Å². The van der Waals surface area contributed by atoms with Gasteiger partial charge in [0.25, 0.3) is 6.47 Å². The third kappa shape index (κ3) is 4.85. The summed E-state index contributed by atoms with van der Waals surface area (Å²) >= 11 is 0. The van der Waals surface area contributed by atoms with Crippen LogP contribution in [0.25, 0.3) is 0 Å². The lowest BCUT2D eigenvalue weighted by atomic mass is 10.1. The van der Waals surface area contributed by atoms with Crippen LogP contribution in [0.1, 0.15) is 5.56 Å². The third-order valence-corrected chi connectivity index (χ3v) is 2.77. The first-order valence-corrected chi connectivity index (χ1v) is 6.13. The zero-order valence-corrected chi connectivity index (χ0v) is 11.6. The first-order chi connectivity index (χ1) is 9.58. The Morgan fingerprint density at radius 2 is 2.30 bits per heavy atom. The Hall–Kier alpha value is -2.15. The molecule has 1 amide bonds. The van der Waals surface area contributed by atoms with Crippen molar-refractivity contribution in [3.63, 3.8) is 0 Å². The molecule has 110 valence electrons. The Bertz CT molecular complexity index is 436. The Morgan fingerprint density at radius 3 is 2.85 bits per heavy atom. The lowest BCUT2D eigenvalue weighted by Gasteiger charge is -2.20. The molecule has 1 rings (SSSR count). The summed E-state index contributed by atoms with van der Waals surface area (Å²) in [4.78, 5) is 27.5. The van der Waals surface area contributed by atoms with E-state index in [0.29, 0.717) is 25.3 Å². The van der Waals surface area contributed by atoms with Gasteiger partial charge in [0.2, 0.25) is 11.8 Å². The lowest BCUT2D eigenvalue weighted by Crippen LogP contribution is -2.44. The molecular formula is C13H19N3O4. The Kier molecular flexibility index (Phi) is 6.45. The second-order valence-corrected chi connectivity index (χ2v) is 4.25. The predicted molar refractivity (Wildman–Crippen MR) is 72.1 cm³/mol. The fourth-order valence-electron chi connectivity index (χ4n) is 1.62. The molecule has 1 heterocycles. The van der Waals surface area contributed by atoms with Crippen LogP contribution in [0.5, 0.6) is 5.88 Å². The average Bonchev–Trinajstić information content (AvgIpc) is 2.47. The molecular weight excluding hydrogens is 262 g/mol. The number of methoxy groups -OCH3 is 1. The maximum absolute atomic E-state index is 12.0. The zero-order chi connectivity index (χ0) is 15.0. The lowest BCUT2D eigenvalue weighted by molar-refractivity contribution is -0.135. The summed E-state index contributed by atoms with van der Waals surface area (Å²) in [5.74, 6) is 0.298. The fourth-order valence-corrected chi connectivity index (χ4v) is 1.62. The molecule has 1 aromatic heterocycles. The second-order valence-electron chi connectivity index (χ2n) is 4.25. The molecule has 0 aliphatic rings. The molecule has 0 fully saturated rings. The SMILES string of the molecule is COc1ccc(CC(N)C(=O)N(C)CCOC=O)cn1. The number of hydrogen-bond acceptors (Lipinski definition) is 6. The van der Waals surface area contributed by atoms with Crippen LogP contribution in [-0.2, 0) is 20.7 Å². The number of nitrogens with zero attached hydrogens (tertiary/aromatic N) is 2. The van der Waals surface area contributed by atoms with Crippen molar-refractivity contribution in [3.05, 3.63) is 23.9 Å². The smallest absolute Gasteiger partial charge is 0.293 e. The summed E-state index contributed by atoms with van der Waals surface area (Å²) < 4.78 is 9.49. The Morgan fingerprint density at radius 1 is 1.55 bits per heavy atom. The molecule has 0 bridgehead atoms. The van der Waals surface area contributed by atoms with Crippen LogP contribution in [0.3, 0.4) is 0 Å². The highest BCUT2D eigenvalue weighted by Gasteiger charge is 2.18. The van der Waals surface area contributed by atoms with Crippen LogP contribution in [0, 0.1) is 0 Å². The number of ether oxygens (including phenoxy) is 2. The normalized spacial score (nSPS) is 11.6. The van der Waals surface area contributed by atoms with Gasteiger partial charge >= 0.3 is 0 Å². The molecule has 1 atom stereocenters. The molecule has 0 saturated carbocycles. The quantitative estimate of drug-likeness (QED) is 0.514. The molecule has 7 heteroatoms. The molecule has 20 heavy (non-hydrogen) atoms. The molecule has 7 nitrogen and oxygen atoms in total. The molecule has 1 unspecified atom stereocenters. The van der Waals surface area contributed by atoms with Crippen LogP contribution in [0.2, 0.25) is 0 Å². The van der Waals surface area contributed by atoms with Gasteiger partial charge in [0.05, 0.1) is 19.7 Å². The van der Waals surface area contributed by atoms with Crippen molar-refractivity contribution in [1.29, 1.82) is 0 Å². The minimum Gasteiger partial charge on any atom is -0.481 e. The van der Waals surface area contributed by atoms with Gasteiger partial charge in [0.1, 0.15) is 6.61 Å². The number of pyridine rings is 1. The minimum absolute atomic E-state index is 0.155.